The summed E-state index contributed by atoms with van der Waals surface area (Å²) in [6.45, 7) is 2.01. The second-order valence-electron chi connectivity index (χ2n) is 6.09. The minimum absolute atomic E-state index is 0.232. The van der Waals surface area contributed by atoms with Gasteiger partial charge < -0.3 is 5.11 Å². The van der Waals surface area contributed by atoms with Gasteiger partial charge in [-0.05, 0) is 43.0 Å². The Morgan fingerprint density at radius 1 is 1.11 bits per heavy atom. The van der Waals surface area contributed by atoms with Gasteiger partial charge in [-0.2, -0.15) is 0 Å². The lowest BCUT2D eigenvalue weighted by molar-refractivity contribution is 0.0697. The quantitative estimate of drug-likeness (QED) is 0.537. The van der Waals surface area contributed by atoms with Gasteiger partial charge in [0.1, 0.15) is 0 Å². The highest BCUT2D eigenvalue weighted by Crippen LogP contribution is 2.31. The molecule has 0 spiro atoms. The van der Waals surface area contributed by atoms with Gasteiger partial charge in [-0.3, -0.25) is 9.55 Å². The summed E-state index contributed by atoms with van der Waals surface area (Å²) in [6, 6.07) is 9.01. The number of hydrogen-bond acceptors (Lipinski definition) is 5. The highest BCUT2D eigenvalue weighted by atomic mass is 32.2. The van der Waals surface area contributed by atoms with Crippen LogP contribution in [0.15, 0.2) is 60.0 Å². The first-order valence-electron chi connectivity index (χ1n) is 8.24. The number of aryl methyl sites for hydroxylation is 1. The van der Waals surface area contributed by atoms with E-state index in [1.165, 1.54) is 0 Å². The molecule has 0 radical (unpaired) electrons. The number of hydrogen-bond donors (Lipinski definition) is 1. The molecule has 0 aliphatic rings. The molecule has 0 amide bonds. The van der Waals surface area contributed by atoms with Crippen molar-refractivity contribution in [2.75, 3.05) is 6.26 Å². The average Bonchev–Trinajstić information content (AvgIpc) is 3.06. The van der Waals surface area contributed by atoms with E-state index in [4.69, 9.17) is 0 Å². The summed E-state index contributed by atoms with van der Waals surface area (Å²) in [7, 11) is 0. The largest absolute Gasteiger partial charge is 0.478 e. The van der Waals surface area contributed by atoms with Gasteiger partial charge in [0.25, 0.3) is 0 Å². The number of aromatic nitrogens is 4. The number of pyridine rings is 1. The molecule has 0 aliphatic carbocycles. The fourth-order valence-electron chi connectivity index (χ4n) is 2.93. The normalized spacial score (nSPS) is 11.0. The van der Waals surface area contributed by atoms with Crippen LogP contribution < -0.4 is 0 Å². The Morgan fingerprint density at radius 3 is 2.56 bits per heavy atom. The number of fused-ring (bicyclic) bond motifs is 1. The molecule has 3 aromatic heterocycles. The van der Waals surface area contributed by atoms with Crippen LogP contribution in [0.4, 0.5) is 0 Å². The van der Waals surface area contributed by atoms with Gasteiger partial charge >= 0.3 is 5.97 Å². The van der Waals surface area contributed by atoms with Gasteiger partial charge in [0, 0.05) is 40.6 Å². The minimum Gasteiger partial charge on any atom is -0.478 e. The van der Waals surface area contributed by atoms with Crippen LogP contribution in [0.3, 0.4) is 0 Å². The Hall–Kier alpha value is -3.19. The maximum atomic E-state index is 11.3. The van der Waals surface area contributed by atoms with E-state index in [0.717, 1.165) is 32.6 Å². The van der Waals surface area contributed by atoms with Crippen molar-refractivity contribution < 1.29 is 9.90 Å². The van der Waals surface area contributed by atoms with E-state index in [1.807, 2.05) is 42.1 Å². The van der Waals surface area contributed by atoms with Crippen molar-refractivity contribution in [2.45, 2.75) is 11.8 Å². The van der Waals surface area contributed by atoms with Crippen molar-refractivity contribution in [1.82, 2.24) is 19.5 Å². The Kier molecular flexibility index (Phi) is 4.37. The number of benzene rings is 1. The molecule has 0 fully saturated rings. The predicted molar refractivity (Wildman–Crippen MR) is 106 cm³/mol. The van der Waals surface area contributed by atoms with Gasteiger partial charge in [0.2, 0.25) is 5.95 Å². The van der Waals surface area contributed by atoms with Crippen LogP contribution in [0, 0.1) is 6.92 Å². The van der Waals surface area contributed by atoms with Gasteiger partial charge in [-0.1, -0.05) is 6.07 Å². The van der Waals surface area contributed by atoms with E-state index in [0.29, 0.717) is 5.95 Å². The molecule has 0 unspecified atom stereocenters. The molecule has 7 heteroatoms. The third-order valence-corrected chi connectivity index (χ3v) is 5.07. The average molecular weight is 376 g/mol. The zero-order chi connectivity index (χ0) is 19.0. The SMILES string of the molecule is CSc1cn(-c2ncc(-c3cc(C)ccn3)cn2)c2cc(C(=O)O)ccc12. The lowest BCUT2D eigenvalue weighted by Crippen LogP contribution is -2.01. The molecule has 0 atom stereocenters. The van der Waals surface area contributed by atoms with Gasteiger partial charge in [-0.25, -0.2) is 14.8 Å². The van der Waals surface area contributed by atoms with Crippen molar-refractivity contribution in [3.05, 3.63) is 66.2 Å². The van der Waals surface area contributed by atoms with Gasteiger partial charge in [-0.15, -0.1) is 11.8 Å². The van der Waals surface area contributed by atoms with E-state index in [1.54, 1.807) is 42.5 Å². The van der Waals surface area contributed by atoms with E-state index in [2.05, 4.69) is 15.0 Å². The van der Waals surface area contributed by atoms with Crippen molar-refractivity contribution in [3.63, 3.8) is 0 Å². The summed E-state index contributed by atoms with van der Waals surface area (Å²) >= 11 is 1.60. The van der Waals surface area contributed by atoms with Crippen LogP contribution in [-0.2, 0) is 0 Å². The van der Waals surface area contributed by atoms with Crippen molar-refractivity contribution in [2.24, 2.45) is 0 Å². The molecule has 4 rings (SSSR count). The molecule has 1 aromatic carbocycles. The smallest absolute Gasteiger partial charge is 0.335 e. The Labute approximate surface area is 159 Å². The number of rotatable bonds is 4. The molecule has 27 heavy (non-hydrogen) atoms. The van der Waals surface area contributed by atoms with Crippen LogP contribution >= 0.6 is 11.8 Å². The van der Waals surface area contributed by atoms with Crippen LogP contribution in [-0.4, -0.2) is 36.9 Å². The Balaban J connectivity index is 1.82. The van der Waals surface area contributed by atoms with E-state index in [-0.39, 0.29) is 5.56 Å². The van der Waals surface area contributed by atoms with Crippen molar-refractivity contribution >= 4 is 28.6 Å². The van der Waals surface area contributed by atoms with E-state index in [9.17, 15) is 9.90 Å². The summed E-state index contributed by atoms with van der Waals surface area (Å²) in [6.07, 6.45) is 9.14. The second-order valence-corrected chi connectivity index (χ2v) is 6.94. The molecule has 0 aliphatic heterocycles. The van der Waals surface area contributed by atoms with E-state index >= 15 is 0 Å². The molecule has 0 saturated heterocycles. The third kappa shape index (κ3) is 3.17. The van der Waals surface area contributed by atoms with Gasteiger partial charge in [0.05, 0.1) is 16.8 Å². The molecule has 134 valence electrons. The summed E-state index contributed by atoms with van der Waals surface area (Å²) in [5, 5.41) is 10.3. The number of carboxylic acid groups (broad SMARTS) is 1. The van der Waals surface area contributed by atoms with Crippen molar-refractivity contribution in [3.8, 4) is 17.2 Å². The number of carboxylic acids is 1. The number of nitrogens with zero attached hydrogens (tertiary/aromatic N) is 4. The molecular formula is C20H16N4O2S. The lowest BCUT2D eigenvalue weighted by Gasteiger charge is -2.06. The maximum absolute atomic E-state index is 11.3. The zero-order valence-corrected chi connectivity index (χ0v) is 15.6. The van der Waals surface area contributed by atoms with Crippen LogP contribution in [0.5, 0.6) is 0 Å². The number of thioether (sulfide) groups is 1. The molecule has 4 aromatic rings. The first kappa shape index (κ1) is 17.2. The van der Waals surface area contributed by atoms with E-state index < -0.39 is 5.97 Å². The first-order chi connectivity index (χ1) is 13.1. The van der Waals surface area contributed by atoms with Crippen molar-refractivity contribution in [1.29, 1.82) is 0 Å². The Morgan fingerprint density at radius 2 is 1.89 bits per heavy atom. The lowest BCUT2D eigenvalue weighted by atomic mass is 10.1. The van der Waals surface area contributed by atoms with Crippen LogP contribution in [0.1, 0.15) is 15.9 Å². The van der Waals surface area contributed by atoms with Crippen LogP contribution in [0.2, 0.25) is 0 Å². The zero-order valence-electron chi connectivity index (χ0n) is 14.7. The monoisotopic (exact) mass is 376 g/mol. The molecule has 1 N–H and O–H groups in total. The number of aromatic carboxylic acids is 1. The minimum atomic E-state index is -0.961. The standard InChI is InChI=1S/C20H16N4O2S/c1-12-5-6-21-16(7-12)14-9-22-20(23-10-14)24-11-18(27-2)15-4-3-13(19(25)26)8-17(15)24/h3-11H,1-2H3,(H,25,26). The summed E-state index contributed by atoms with van der Waals surface area (Å²) in [5.41, 5.74) is 3.76. The molecule has 3 heterocycles. The number of carbonyl (C=O) groups is 1. The predicted octanol–water partition coefficient (Wildman–Crippen LogP) is 4.21. The highest BCUT2D eigenvalue weighted by Gasteiger charge is 2.14. The molecule has 0 saturated carbocycles. The third-order valence-electron chi connectivity index (χ3n) is 4.30. The first-order valence-corrected chi connectivity index (χ1v) is 9.47. The summed E-state index contributed by atoms with van der Waals surface area (Å²) < 4.78 is 1.82. The highest BCUT2D eigenvalue weighted by molar-refractivity contribution is 7.98. The maximum Gasteiger partial charge on any atom is 0.335 e. The van der Waals surface area contributed by atoms with Gasteiger partial charge in [0.15, 0.2) is 0 Å². The second kappa shape index (κ2) is 6.85. The topological polar surface area (TPSA) is 80.9 Å². The molecule has 0 bridgehead atoms. The van der Waals surface area contributed by atoms with Crippen LogP contribution in [0.25, 0.3) is 28.1 Å². The Bertz CT molecular complexity index is 1150. The molecule has 6 nitrogen and oxygen atoms in total. The molecular weight excluding hydrogens is 360 g/mol. The summed E-state index contributed by atoms with van der Waals surface area (Å²) in [5.74, 6) is -0.476. The summed E-state index contributed by atoms with van der Waals surface area (Å²) in [4.78, 5) is 25.7. The fourth-order valence-corrected chi connectivity index (χ4v) is 3.53. The fraction of sp³-hybridized carbons (Fsp3) is 0.100.